The SMILES string of the molecule is CCCCCCCCCCCCc1ccc(C(=NO)c2cccc([N+](=O)[O-])c2O)cc1. The molecule has 0 heterocycles. The quantitative estimate of drug-likeness (QED) is 0.112. The maximum atomic E-state index is 11.0. The second kappa shape index (κ2) is 13.4. The molecule has 0 amide bonds. The van der Waals surface area contributed by atoms with Gasteiger partial charge in [0.15, 0.2) is 0 Å². The van der Waals surface area contributed by atoms with Crippen molar-refractivity contribution in [2.45, 2.75) is 77.6 Å². The molecule has 2 aromatic carbocycles. The summed E-state index contributed by atoms with van der Waals surface area (Å²) in [5.74, 6) is -0.505. The lowest BCUT2D eigenvalue weighted by Crippen LogP contribution is -2.05. The summed E-state index contributed by atoms with van der Waals surface area (Å²) < 4.78 is 0. The molecule has 2 N–H and O–H groups in total. The molecular formula is C25H34N2O4. The summed E-state index contributed by atoms with van der Waals surface area (Å²) in [6.45, 7) is 2.24. The van der Waals surface area contributed by atoms with Gasteiger partial charge in [-0.25, -0.2) is 0 Å². The third-order valence-electron chi connectivity index (χ3n) is 5.61. The Morgan fingerprint density at radius 3 is 2.03 bits per heavy atom. The monoisotopic (exact) mass is 426 g/mol. The predicted octanol–water partition coefficient (Wildman–Crippen LogP) is 6.99. The number of oxime groups is 1. The third-order valence-corrected chi connectivity index (χ3v) is 5.61. The number of phenols is 1. The van der Waals surface area contributed by atoms with E-state index in [0.717, 1.165) is 12.8 Å². The van der Waals surface area contributed by atoms with Crippen LogP contribution < -0.4 is 0 Å². The number of phenolic OH excluding ortho intramolecular Hbond substituents is 1. The number of hydrogen-bond acceptors (Lipinski definition) is 5. The fourth-order valence-electron chi connectivity index (χ4n) is 3.78. The van der Waals surface area contributed by atoms with Crippen LogP contribution in [-0.4, -0.2) is 20.9 Å². The van der Waals surface area contributed by atoms with Crippen LogP contribution >= 0.6 is 0 Å². The highest BCUT2D eigenvalue weighted by molar-refractivity contribution is 6.14. The number of unbranched alkanes of at least 4 members (excludes halogenated alkanes) is 9. The molecule has 0 saturated carbocycles. The van der Waals surface area contributed by atoms with Gasteiger partial charge in [0.2, 0.25) is 5.75 Å². The van der Waals surface area contributed by atoms with Crippen LogP contribution in [0.5, 0.6) is 5.75 Å². The van der Waals surface area contributed by atoms with Gasteiger partial charge >= 0.3 is 5.69 Å². The lowest BCUT2D eigenvalue weighted by molar-refractivity contribution is -0.385. The Morgan fingerprint density at radius 1 is 0.903 bits per heavy atom. The molecule has 0 spiro atoms. The average molecular weight is 427 g/mol. The summed E-state index contributed by atoms with van der Waals surface area (Å²) in [7, 11) is 0. The summed E-state index contributed by atoms with van der Waals surface area (Å²) in [5, 5.41) is 34.0. The lowest BCUT2D eigenvalue weighted by Gasteiger charge is -2.09. The molecule has 0 aliphatic rings. The van der Waals surface area contributed by atoms with E-state index >= 15 is 0 Å². The van der Waals surface area contributed by atoms with Gasteiger partial charge in [-0.1, -0.05) is 100 Å². The zero-order valence-corrected chi connectivity index (χ0v) is 18.4. The normalized spacial score (nSPS) is 11.6. The summed E-state index contributed by atoms with van der Waals surface area (Å²) in [6.07, 6.45) is 14.0. The number of hydrogen-bond donors (Lipinski definition) is 2. The minimum Gasteiger partial charge on any atom is -0.502 e. The van der Waals surface area contributed by atoms with Crippen LogP contribution in [-0.2, 0) is 6.42 Å². The van der Waals surface area contributed by atoms with Gasteiger partial charge < -0.3 is 10.3 Å². The first-order valence-electron chi connectivity index (χ1n) is 11.4. The molecule has 0 aliphatic heterocycles. The highest BCUT2D eigenvalue weighted by atomic mass is 16.6. The van der Waals surface area contributed by atoms with Crippen molar-refractivity contribution in [3.8, 4) is 5.75 Å². The molecule has 168 valence electrons. The Labute approximate surface area is 184 Å². The van der Waals surface area contributed by atoms with E-state index in [9.17, 15) is 20.4 Å². The summed E-state index contributed by atoms with van der Waals surface area (Å²) in [5.41, 5.74) is 1.59. The molecule has 0 fully saturated rings. The molecule has 6 heteroatoms. The van der Waals surface area contributed by atoms with Crippen molar-refractivity contribution in [1.82, 2.24) is 0 Å². The largest absolute Gasteiger partial charge is 0.502 e. The van der Waals surface area contributed by atoms with Gasteiger partial charge in [-0.3, -0.25) is 10.1 Å². The number of aromatic hydroxyl groups is 1. The zero-order valence-electron chi connectivity index (χ0n) is 18.4. The number of rotatable bonds is 14. The van der Waals surface area contributed by atoms with Gasteiger partial charge in [-0.2, -0.15) is 0 Å². The smallest absolute Gasteiger partial charge is 0.311 e. The number of nitrogens with zero attached hydrogens (tertiary/aromatic N) is 2. The van der Waals surface area contributed by atoms with Gasteiger partial charge in [-0.15, -0.1) is 0 Å². The van der Waals surface area contributed by atoms with Crippen LogP contribution in [0.1, 0.15) is 87.8 Å². The van der Waals surface area contributed by atoms with Gasteiger partial charge in [0.05, 0.1) is 10.5 Å². The Balaban J connectivity index is 1.82. The number of aryl methyl sites for hydroxylation is 1. The van der Waals surface area contributed by atoms with E-state index in [1.807, 2.05) is 24.3 Å². The average Bonchev–Trinajstić information content (AvgIpc) is 2.77. The molecule has 2 rings (SSSR count). The Morgan fingerprint density at radius 2 is 1.48 bits per heavy atom. The zero-order chi connectivity index (χ0) is 22.5. The Kier molecular flexibility index (Phi) is 10.6. The Bertz CT molecular complexity index is 847. The molecule has 0 aliphatic carbocycles. The van der Waals surface area contributed by atoms with Gasteiger partial charge in [-0.05, 0) is 24.5 Å². The molecule has 0 radical (unpaired) electrons. The minimum atomic E-state index is -0.663. The number of nitro groups is 1. The molecule has 0 bridgehead atoms. The highest BCUT2D eigenvalue weighted by Gasteiger charge is 2.21. The summed E-state index contributed by atoms with van der Waals surface area (Å²) >= 11 is 0. The molecule has 2 aromatic rings. The molecule has 0 saturated heterocycles. The summed E-state index contributed by atoms with van der Waals surface area (Å²) in [4.78, 5) is 10.4. The van der Waals surface area contributed by atoms with Crippen molar-refractivity contribution in [1.29, 1.82) is 0 Å². The number of benzene rings is 2. The number of para-hydroxylation sites is 1. The maximum absolute atomic E-state index is 11.0. The van der Waals surface area contributed by atoms with E-state index in [2.05, 4.69) is 12.1 Å². The summed E-state index contributed by atoms with van der Waals surface area (Å²) in [6, 6.07) is 11.7. The second-order valence-corrected chi connectivity index (χ2v) is 8.01. The van der Waals surface area contributed by atoms with Crippen molar-refractivity contribution < 1.29 is 15.2 Å². The lowest BCUT2D eigenvalue weighted by atomic mass is 9.98. The minimum absolute atomic E-state index is 0.103. The number of nitro benzene ring substituents is 1. The van der Waals surface area contributed by atoms with Crippen LogP contribution in [0.3, 0.4) is 0 Å². The van der Waals surface area contributed by atoms with Crippen molar-refractivity contribution in [3.63, 3.8) is 0 Å². The van der Waals surface area contributed by atoms with Crippen molar-refractivity contribution >= 4 is 11.4 Å². The van der Waals surface area contributed by atoms with E-state index < -0.39 is 16.4 Å². The van der Waals surface area contributed by atoms with E-state index in [4.69, 9.17) is 0 Å². The standard InChI is InChI=1S/C25H34N2O4/c1-2-3-4-5-6-7-8-9-10-11-13-20-16-18-21(19-17-20)24(26-29)22-14-12-15-23(25(22)28)27(30)31/h12,14-19,28-29H,2-11,13H2,1H3. The van der Waals surface area contributed by atoms with Crippen LogP contribution in [0.15, 0.2) is 47.6 Å². The van der Waals surface area contributed by atoms with E-state index in [0.29, 0.717) is 5.56 Å². The van der Waals surface area contributed by atoms with Crippen LogP contribution in [0.25, 0.3) is 0 Å². The second-order valence-electron chi connectivity index (χ2n) is 8.01. The molecule has 6 nitrogen and oxygen atoms in total. The fraction of sp³-hybridized carbons (Fsp3) is 0.480. The third kappa shape index (κ3) is 7.70. The van der Waals surface area contributed by atoms with Crippen molar-refractivity contribution in [2.24, 2.45) is 5.16 Å². The van der Waals surface area contributed by atoms with Gasteiger partial charge in [0, 0.05) is 11.6 Å². The first-order valence-corrected chi connectivity index (χ1v) is 11.4. The topological polar surface area (TPSA) is 96.0 Å². The predicted molar refractivity (Wildman–Crippen MR) is 124 cm³/mol. The van der Waals surface area contributed by atoms with E-state index in [-0.39, 0.29) is 11.3 Å². The van der Waals surface area contributed by atoms with Crippen LogP contribution in [0.2, 0.25) is 0 Å². The fourth-order valence-corrected chi connectivity index (χ4v) is 3.78. The van der Waals surface area contributed by atoms with Gasteiger partial charge in [0.1, 0.15) is 5.71 Å². The molecular weight excluding hydrogens is 392 g/mol. The van der Waals surface area contributed by atoms with E-state index in [1.165, 1.54) is 81.5 Å². The molecule has 0 atom stereocenters. The van der Waals surface area contributed by atoms with Crippen LogP contribution in [0, 0.1) is 10.1 Å². The Hall–Kier alpha value is -2.89. The molecule has 0 unspecified atom stereocenters. The molecule has 31 heavy (non-hydrogen) atoms. The van der Waals surface area contributed by atoms with Crippen molar-refractivity contribution in [2.75, 3.05) is 0 Å². The first-order chi connectivity index (χ1) is 15.1. The van der Waals surface area contributed by atoms with E-state index in [1.54, 1.807) is 0 Å². The highest BCUT2D eigenvalue weighted by Crippen LogP contribution is 2.31. The van der Waals surface area contributed by atoms with Gasteiger partial charge in [0.25, 0.3) is 0 Å². The maximum Gasteiger partial charge on any atom is 0.311 e. The van der Waals surface area contributed by atoms with Crippen LogP contribution in [0.4, 0.5) is 5.69 Å². The first kappa shape index (κ1) is 24.4. The van der Waals surface area contributed by atoms with Crippen molar-refractivity contribution in [3.05, 3.63) is 69.3 Å². The molecule has 0 aromatic heterocycles.